The second kappa shape index (κ2) is 5.98. The van der Waals surface area contributed by atoms with Crippen LogP contribution in [-0.2, 0) is 0 Å². The van der Waals surface area contributed by atoms with Gasteiger partial charge in [-0.2, -0.15) is 0 Å². The van der Waals surface area contributed by atoms with E-state index in [0.29, 0.717) is 12.5 Å². The van der Waals surface area contributed by atoms with Crippen molar-refractivity contribution in [3.8, 4) is 0 Å². The minimum atomic E-state index is 0.361. The molecule has 2 heteroatoms. The second-order valence-electron chi connectivity index (χ2n) is 2.67. The van der Waals surface area contributed by atoms with Gasteiger partial charge in [0.05, 0.1) is 0 Å². The maximum absolute atomic E-state index is 5.46. The monoisotopic (exact) mass is 154 g/mol. The van der Waals surface area contributed by atoms with Gasteiger partial charge in [-0.15, -0.1) is 6.58 Å². The number of nitrogens with two attached hydrogens (primary N) is 1. The van der Waals surface area contributed by atoms with Crippen LogP contribution in [0.4, 0.5) is 0 Å². The van der Waals surface area contributed by atoms with E-state index in [4.69, 9.17) is 5.73 Å². The molecule has 0 fully saturated rings. The first-order valence-electron chi connectivity index (χ1n) is 3.96. The van der Waals surface area contributed by atoms with Gasteiger partial charge in [0.15, 0.2) is 0 Å². The van der Waals surface area contributed by atoms with E-state index in [2.05, 4.69) is 25.4 Å². The van der Waals surface area contributed by atoms with Crippen LogP contribution in [0.5, 0.6) is 0 Å². The van der Waals surface area contributed by atoms with E-state index in [1.807, 2.05) is 6.08 Å². The molecule has 0 aliphatic carbocycles. The quantitative estimate of drug-likeness (QED) is 0.446. The van der Waals surface area contributed by atoms with E-state index in [1.54, 1.807) is 0 Å². The summed E-state index contributed by atoms with van der Waals surface area (Å²) < 4.78 is 0. The topological polar surface area (TPSA) is 38.0 Å². The Morgan fingerprint density at radius 3 is 2.82 bits per heavy atom. The van der Waals surface area contributed by atoms with Crippen molar-refractivity contribution >= 4 is 0 Å². The molecule has 0 aliphatic heterocycles. The molecular weight excluding hydrogens is 136 g/mol. The molecule has 0 heterocycles. The zero-order valence-corrected chi connectivity index (χ0v) is 7.27. The standard InChI is InChI=1S/C9H18N2/c1-4-5-6-11-9(3)8(2)7-10/h4,8,11H,1,3,5-7,10H2,2H3. The molecule has 0 aromatic carbocycles. The third-order valence-corrected chi connectivity index (χ3v) is 1.65. The molecule has 0 aliphatic rings. The van der Waals surface area contributed by atoms with Gasteiger partial charge in [-0.3, -0.25) is 0 Å². The number of hydrogen-bond donors (Lipinski definition) is 2. The van der Waals surface area contributed by atoms with Crippen LogP contribution in [0.15, 0.2) is 24.9 Å². The minimum absolute atomic E-state index is 0.361. The highest BCUT2D eigenvalue weighted by Crippen LogP contribution is 2.01. The zero-order valence-electron chi connectivity index (χ0n) is 7.27. The van der Waals surface area contributed by atoms with Crippen molar-refractivity contribution < 1.29 is 0 Å². The Kier molecular flexibility index (Phi) is 5.57. The Balaban J connectivity index is 3.43. The SMILES string of the molecule is C=CCCNC(=C)C(C)CN. The van der Waals surface area contributed by atoms with E-state index < -0.39 is 0 Å². The molecule has 0 aromatic heterocycles. The van der Waals surface area contributed by atoms with Crippen molar-refractivity contribution in [1.82, 2.24) is 5.32 Å². The highest BCUT2D eigenvalue weighted by atomic mass is 14.9. The summed E-state index contributed by atoms with van der Waals surface area (Å²) in [6.07, 6.45) is 2.85. The van der Waals surface area contributed by atoms with Crippen LogP contribution < -0.4 is 11.1 Å². The van der Waals surface area contributed by atoms with Gasteiger partial charge in [-0.25, -0.2) is 0 Å². The first-order chi connectivity index (χ1) is 5.22. The maximum Gasteiger partial charge on any atom is 0.0178 e. The third-order valence-electron chi connectivity index (χ3n) is 1.65. The van der Waals surface area contributed by atoms with Crippen LogP contribution >= 0.6 is 0 Å². The largest absolute Gasteiger partial charge is 0.388 e. The molecule has 0 aromatic rings. The molecule has 2 nitrogen and oxygen atoms in total. The number of rotatable bonds is 6. The van der Waals surface area contributed by atoms with Gasteiger partial charge < -0.3 is 11.1 Å². The smallest absolute Gasteiger partial charge is 0.0178 e. The van der Waals surface area contributed by atoms with Crippen LogP contribution in [-0.4, -0.2) is 13.1 Å². The fraction of sp³-hybridized carbons (Fsp3) is 0.556. The lowest BCUT2D eigenvalue weighted by Gasteiger charge is -2.13. The summed E-state index contributed by atoms with van der Waals surface area (Å²) in [5.74, 6) is 0.361. The summed E-state index contributed by atoms with van der Waals surface area (Å²) in [6.45, 7) is 11.1. The molecule has 0 spiro atoms. The van der Waals surface area contributed by atoms with E-state index in [-0.39, 0.29) is 0 Å². The Labute approximate surface area is 69.2 Å². The lowest BCUT2D eigenvalue weighted by atomic mass is 10.1. The van der Waals surface area contributed by atoms with Crippen LogP contribution in [0.1, 0.15) is 13.3 Å². The van der Waals surface area contributed by atoms with Crippen molar-refractivity contribution in [2.24, 2.45) is 11.7 Å². The van der Waals surface area contributed by atoms with Gasteiger partial charge >= 0.3 is 0 Å². The van der Waals surface area contributed by atoms with Crippen LogP contribution in [0.25, 0.3) is 0 Å². The Hall–Kier alpha value is -0.760. The summed E-state index contributed by atoms with van der Waals surface area (Å²) in [6, 6.07) is 0. The first kappa shape index (κ1) is 10.2. The number of hydrogen-bond acceptors (Lipinski definition) is 2. The van der Waals surface area contributed by atoms with Gasteiger partial charge in [-0.1, -0.05) is 19.6 Å². The third kappa shape index (κ3) is 4.62. The molecular formula is C9H18N2. The summed E-state index contributed by atoms with van der Waals surface area (Å²) in [7, 11) is 0. The van der Waals surface area contributed by atoms with E-state index in [1.165, 1.54) is 0 Å². The molecule has 0 rings (SSSR count). The van der Waals surface area contributed by atoms with Crippen molar-refractivity contribution in [2.45, 2.75) is 13.3 Å². The number of nitrogens with one attached hydrogen (secondary N) is 1. The molecule has 0 saturated carbocycles. The normalized spacial score (nSPS) is 12.2. The Morgan fingerprint density at radius 2 is 2.36 bits per heavy atom. The highest BCUT2D eigenvalue weighted by molar-refractivity contribution is 4.96. The fourth-order valence-corrected chi connectivity index (χ4v) is 0.651. The zero-order chi connectivity index (χ0) is 8.69. The Bertz CT molecular complexity index is 130. The highest BCUT2D eigenvalue weighted by Gasteiger charge is 2.01. The summed E-state index contributed by atoms with van der Waals surface area (Å²) >= 11 is 0. The van der Waals surface area contributed by atoms with E-state index in [9.17, 15) is 0 Å². The molecule has 0 bridgehead atoms. The molecule has 1 atom stereocenters. The van der Waals surface area contributed by atoms with Gasteiger partial charge in [0.2, 0.25) is 0 Å². The second-order valence-corrected chi connectivity index (χ2v) is 2.67. The molecule has 1 unspecified atom stereocenters. The summed E-state index contributed by atoms with van der Waals surface area (Å²) in [5, 5.41) is 3.19. The molecule has 0 saturated heterocycles. The van der Waals surface area contributed by atoms with Crippen LogP contribution in [0, 0.1) is 5.92 Å². The molecule has 64 valence electrons. The average molecular weight is 154 g/mol. The first-order valence-corrected chi connectivity index (χ1v) is 3.96. The van der Waals surface area contributed by atoms with Gasteiger partial charge in [-0.05, 0) is 6.42 Å². The van der Waals surface area contributed by atoms with Crippen molar-refractivity contribution in [3.63, 3.8) is 0 Å². The molecule has 0 radical (unpaired) electrons. The van der Waals surface area contributed by atoms with Crippen molar-refractivity contribution in [1.29, 1.82) is 0 Å². The molecule has 3 N–H and O–H groups in total. The lowest BCUT2D eigenvalue weighted by molar-refractivity contribution is 0.618. The predicted molar refractivity (Wildman–Crippen MR) is 50.2 cm³/mol. The van der Waals surface area contributed by atoms with Crippen molar-refractivity contribution in [3.05, 3.63) is 24.9 Å². The van der Waals surface area contributed by atoms with Gasteiger partial charge in [0.1, 0.15) is 0 Å². The average Bonchev–Trinajstić information content (AvgIpc) is 2.03. The fourth-order valence-electron chi connectivity index (χ4n) is 0.651. The van der Waals surface area contributed by atoms with Gasteiger partial charge in [0.25, 0.3) is 0 Å². The summed E-state index contributed by atoms with van der Waals surface area (Å²) in [5.41, 5.74) is 6.48. The lowest BCUT2D eigenvalue weighted by Crippen LogP contribution is -2.23. The van der Waals surface area contributed by atoms with Gasteiger partial charge in [0, 0.05) is 24.7 Å². The van der Waals surface area contributed by atoms with E-state index >= 15 is 0 Å². The van der Waals surface area contributed by atoms with Crippen LogP contribution in [0.2, 0.25) is 0 Å². The molecule has 0 amide bonds. The Morgan fingerprint density at radius 1 is 1.73 bits per heavy atom. The molecule has 11 heavy (non-hydrogen) atoms. The maximum atomic E-state index is 5.46. The summed E-state index contributed by atoms with van der Waals surface area (Å²) in [4.78, 5) is 0. The van der Waals surface area contributed by atoms with Crippen molar-refractivity contribution in [2.75, 3.05) is 13.1 Å². The minimum Gasteiger partial charge on any atom is -0.388 e. The predicted octanol–water partition coefficient (Wildman–Crippen LogP) is 1.26. The van der Waals surface area contributed by atoms with Crippen LogP contribution in [0.3, 0.4) is 0 Å². The van der Waals surface area contributed by atoms with E-state index in [0.717, 1.165) is 18.7 Å².